The van der Waals surface area contributed by atoms with Gasteiger partial charge in [-0.1, -0.05) is 37.6 Å². The molecule has 1 rings (SSSR count). The highest BCUT2D eigenvalue weighted by Crippen LogP contribution is 2.18. The normalized spacial score (nSPS) is 12.9. The molecule has 0 saturated heterocycles. The van der Waals surface area contributed by atoms with Crippen molar-refractivity contribution in [3.8, 4) is 0 Å². The van der Waals surface area contributed by atoms with Crippen molar-refractivity contribution in [1.29, 1.82) is 0 Å². The van der Waals surface area contributed by atoms with Gasteiger partial charge in [-0.05, 0) is 31.0 Å². The van der Waals surface area contributed by atoms with E-state index in [2.05, 4.69) is 30.4 Å². The van der Waals surface area contributed by atoms with E-state index >= 15 is 0 Å². The van der Waals surface area contributed by atoms with Crippen LogP contribution in [-0.2, 0) is 11.2 Å². The molecule has 1 aromatic rings. The second-order valence-corrected chi connectivity index (χ2v) is 4.59. The van der Waals surface area contributed by atoms with Crippen molar-refractivity contribution in [2.45, 2.75) is 38.7 Å². The van der Waals surface area contributed by atoms with Crippen LogP contribution in [0.2, 0.25) is 0 Å². The highest BCUT2D eigenvalue weighted by molar-refractivity contribution is 5.26. The molecule has 0 amide bonds. The van der Waals surface area contributed by atoms with Crippen molar-refractivity contribution < 1.29 is 13.5 Å². The van der Waals surface area contributed by atoms with E-state index in [0.717, 1.165) is 12.8 Å². The predicted octanol–water partition coefficient (Wildman–Crippen LogP) is 3.57. The summed E-state index contributed by atoms with van der Waals surface area (Å²) >= 11 is 0. The van der Waals surface area contributed by atoms with Crippen molar-refractivity contribution in [3.63, 3.8) is 0 Å². The van der Waals surface area contributed by atoms with Gasteiger partial charge in [0, 0.05) is 12.6 Å². The monoisotopic (exact) mass is 271 g/mol. The van der Waals surface area contributed by atoms with Gasteiger partial charge in [0.25, 0.3) is 6.43 Å². The van der Waals surface area contributed by atoms with Crippen LogP contribution in [0.5, 0.6) is 0 Å². The standard InChI is InChI=1S/C15H23F2NO/c1-3-5-12-6-4-7-13(10-12)14(18-2)8-9-19-11-15(16)17/h4,6-7,10,14-15,18H,3,5,8-9,11H2,1-2H3. The van der Waals surface area contributed by atoms with Crippen molar-refractivity contribution >= 4 is 0 Å². The van der Waals surface area contributed by atoms with Crippen LogP contribution < -0.4 is 5.32 Å². The van der Waals surface area contributed by atoms with E-state index in [1.54, 1.807) is 0 Å². The maximum atomic E-state index is 12.0. The van der Waals surface area contributed by atoms with Crippen molar-refractivity contribution in [3.05, 3.63) is 35.4 Å². The summed E-state index contributed by atoms with van der Waals surface area (Å²) in [5.74, 6) is 0. The minimum atomic E-state index is -2.39. The average Bonchev–Trinajstić information content (AvgIpc) is 2.39. The molecule has 0 fully saturated rings. The lowest BCUT2D eigenvalue weighted by Crippen LogP contribution is -2.19. The van der Waals surface area contributed by atoms with Gasteiger partial charge in [0.2, 0.25) is 0 Å². The zero-order valence-electron chi connectivity index (χ0n) is 11.7. The molecular weight excluding hydrogens is 248 g/mol. The number of nitrogens with one attached hydrogen (secondary N) is 1. The SMILES string of the molecule is CCCc1cccc(C(CCOCC(F)F)NC)c1. The van der Waals surface area contributed by atoms with Gasteiger partial charge in [0.1, 0.15) is 6.61 Å². The van der Waals surface area contributed by atoms with E-state index in [1.165, 1.54) is 11.1 Å². The Bertz CT molecular complexity index is 358. The van der Waals surface area contributed by atoms with E-state index in [9.17, 15) is 8.78 Å². The molecule has 0 saturated carbocycles. The Morgan fingerprint density at radius 1 is 1.32 bits per heavy atom. The first-order chi connectivity index (χ1) is 9.17. The number of benzene rings is 1. The van der Waals surface area contributed by atoms with Gasteiger partial charge in [0.15, 0.2) is 0 Å². The maximum absolute atomic E-state index is 12.0. The molecule has 1 unspecified atom stereocenters. The second-order valence-electron chi connectivity index (χ2n) is 4.59. The van der Waals surface area contributed by atoms with Crippen molar-refractivity contribution in [2.75, 3.05) is 20.3 Å². The Labute approximate surface area is 114 Å². The number of alkyl halides is 2. The zero-order valence-corrected chi connectivity index (χ0v) is 11.7. The Kier molecular flexibility index (Phi) is 7.60. The number of aryl methyl sites for hydroxylation is 1. The molecule has 0 aliphatic rings. The van der Waals surface area contributed by atoms with E-state index in [0.29, 0.717) is 13.0 Å². The molecule has 0 aliphatic heterocycles. The summed E-state index contributed by atoms with van der Waals surface area (Å²) in [4.78, 5) is 0. The first-order valence-corrected chi connectivity index (χ1v) is 6.79. The molecule has 0 aliphatic carbocycles. The van der Waals surface area contributed by atoms with Gasteiger partial charge in [-0.3, -0.25) is 0 Å². The lowest BCUT2D eigenvalue weighted by molar-refractivity contribution is 0.0145. The van der Waals surface area contributed by atoms with E-state index in [4.69, 9.17) is 4.74 Å². The average molecular weight is 271 g/mol. The van der Waals surface area contributed by atoms with E-state index in [1.807, 2.05) is 13.1 Å². The van der Waals surface area contributed by atoms with Gasteiger partial charge >= 0.3 is 0 Å². The highest BCUT2D eigenvalue weighted by Gasteiger charge is 2.10. The van der Waals surface area contributed by atoms with Gasteiger partial charge in [-0.15, -0.1) is 0 Å². The molecule has 1 N–H and O–H groups in total. The minimum absolute atomic E-state index is 0.148. The first-order valence-electron chi connectivity index (χ1n) is 6.79. The summed E-state index contributed by atoms with van der Waals surface area (Å²) in [6.07, 6.45) is 0.483. The molecule has 19 heavy (non-hydrogen) atoms. The molecule has 1 aromatic carbocycles. The number of ether oxygens (including phenoxy) is 1. The summed E-state index contributed by atoms with van der Waals surface area (Å²) in [7, 11) is 1.88. The van der Waals surface area contributed by atoms with Gasteiger partial charge in [-0.2, -0.15) is 0 Å². The molecule has 108 valence electrons. The Hall–Kier alpha value is -1.00. The Morgan fingerprint density at radius 2 is 2.11 bits per heavy atom. The van der Waals surface area contributed by atoms with Crippen LogP contribution in [0, 0.1) is 0 Å². The Balaban J connectivity index is 2.51. The van der Waals surface area contributed by atoms with Crippen LogP contribution in [0.25, 0.3) is 0 Å². The third-order valence-electron chi connectivity index (χ3n) is 3.04. The smallest absolute Gasteiger partial charge is 0.261 e. The summed E-state index contributed by atoms with van der Waals surface area (Å²) in [6.45, 7) is 2.01. The number of hydrogen-bond acceptors (Lipinski definition) is 2. The van der Waals surface area contributed by atoms with Crippen LogP contribution in [-0.4, -0.2) is 26.7 Å². The largest absolute Gasteiger partial charge is 0.375 e. The van der Waals surface area contributed by atoms with E-state index in [-0.39, 0.29) is 6.04 Å². The summed E-state index contributed by atoms with van der Waals surface area (Å²) in [5.41, 5.74) is 2.50. The van der Waals surface area contributed by atoms with Gasteiger partial charge in [-0.25, -0.2) is 8.78 Å². The number of halogens is 2. The lowest BCUT2D eigenvalue weighted by Gasteiger charge is -2.17. The van der Waals surface area contributed by atoms with Crippen LogP contribution in [0.1, 0.15) is 36.9 Å². The second kappa shape index (κ2) is 8.99. The van der Waals surface area contributed by atoms with Gasteiger partial charge in [0.05, 0.1) is 0 Å². The van der Waals surface area contributed by atoms with Crippen molar-refractivity contribution in [1.82, 2.24) is 5.32 Å². The molecular formula is C15H23F2NO. The molecule has 2 nitrogen and oxygen atoms in total. The van der Waals surface area contributed by atoms with Crippen LogP contribution in [0.4, 0.5) is 8.78 Å². The predicted molar refractivity (Wildman–Crippen MR) is 73.7 cm³/mol. The summed E-state index contributed by atoms with van der Waals surface area (Å²) < 4.78 is 28.9. The van der Waals surface area contributed by atoms with Crippen molar-refractivity contribution in [2.24, 2.45) is 0 Å². The van der Waals surface area contributed by atoms with Crippen LogP contribution in [0.3, 0.4) is 0 Å². The van der Waals surface area contributed by atoms with Crippen LogP contribution in [0.15, 0.2) is 24.3 Å². The fourth-order valence-corrected chi connectivity index (χ4v) is 2.11. The minimum Gasteiger partial charge on any atom is -0.375 e. The maximum Gasteiger partial charge on any atom is 0.261 e. The third kappa shape index (κ3) is 6.12. The molecule has 0 heterocycles. The van der Waals surface area contributed by atoms with Crippen LogP contribution >= 0.6 is 0 Å². The molecule has 0 radical (unpaired) electrons. The molecule has 0 bridgehead atoms. The first kappa shape index (κ1) is 16.1. The topological polar surface area (TPSA) is 21.3 Å². The molecule has 0 spiro atoms. The molecule has 4 heteroatoms. The summed E-state index contributed by atoms with van der Waals surface area (Å²) in [5, 5.41) is 3.21. The van der Waals surface area contributed by atoms with Gasteiger partial charge < -0.3 is 10.1 Å². The Morgan fingerprint density at radius 3 is 2.74 bits per heavy atom. The summed E-state index contributed by atoms with van der Waals surface area (Å²) in [6, 6.07) is 8.55. The molecule has 1 atom stereocenters. The third-order valence-corrected chi connectivity index (χ3v) is 3.04. The highest BCUT2D eigenvalue weighted by atomic mass is 19.3. The lowest BCUT2D eigenvalue weighted by atomic mass is 10.00. The quantitative estimate of drug-likeness (QED) is 0.693. The zero-order chi connectivity index (χ0) is 14.1. The fraction of sp³-hybridized carbons (Fsp3) is 0.600. The van der Waals surface area contributed by atoms with E-state index < -0.39 is 13.0 Å². The molecule has 0 aromatic heterocycles. The number of rotatable bonds is 9. The number of hydrogen-bond donors (Lipinski definition) is 1. The fourth-order valence-electron chi connectivity index (χ4n) is 2.11.